The lowest BCUT2D eigenvalue weighted by Crippen LogP contribution is -2.27. The first-order valence-corrected chi connectivity index (χ1v) is 8.53. The van der Waals surface area contributed by atoms with Gasteiger partial charge in [0.15, 0.2) is 0 Å². The molecule has 2 rings (SSSR count). The van der Waals surface area contributed by atoms with Crippen LogP contribution in [-0.4, -0.2) is 18.7 Å². The van der Waals surface area contributed by atoms with Gasteiger partial charge in [-0.1, -0.05) is 0 Å². The van der Waals surface area contributed by atoms with Gasteiger partial charge in [-0.3, -0.25) is 0 Å². The normalized spacial score (nSPS) is 16.5. The predicted octanol–water partition coefficient (Wildman–Crippen LogP) is 2.98. The third-order valence-electron chi connectivity index (χ3n) is 3.32. The molecule has 0 saturated heterocycles. The van der Waals surface area contributed by atoms with E-state index in [1.807, 2.05) is 0 Å². The van der Waals surface area contributed by atoms with Crippen molar-refractivity contribution in [2.45, 2.75) is 44.7 Å². The molecule has 1 aliphatic rings. The summed E-state index contributed by atoms with van der Waals surface area (Å²) in [4.78, 5) is 3.68. The Hall–Kier alpha value is -1.61. The molecule has 0 atom stereocenters. The Kier molecular flexibility index (Phi) is 5.00. The number of alkyl halides is 3. The topological polar surface area (TPSA) is 68.3 Å². The molecule has 9 heteroatoms. The minimum atomic E-state index is -4.65. The Morgan fingerprint density at radius 2 is 2.13 bits per heavy atom. The zero-order valence-electron chi connectivity index (χ0n) is 12.6. The number of ether oxygens (including phenoxy) is 1. The standard InChI is InChI=1S/C14H17F3N2O3S/c1-3-9(2)22-13-12(14(15,16)17)6-10(7-18-13)8-19-23(20,21)11-4-5-11/h3,6-7,11,19H,4-5,8H2,1-2H3/b9-3+. The van der Waals surface area contributed by atoms with Gasteiger partial charge in [-0.15, -0.1) is 0 Å². The van der Waals surface area contributed by atoms with Gasteiger partial charge in [0.05, 0.1) is 11.0 Å². The smallest absolute Gasteiger partial charge is 0.421 e. The van der Waals surface area contributed by atoms with E-state index in [0.29, 0.717) is 12.8 Å². The van der Waals surface area contributed by atoms with Crippen LogP contribution in [0.15, 0.2) is 24.1 Å². The first-order valence-electron chi connectivity index (χ1n) is 6.99. The van der Waals surface area contributed by atoms with Gasteiger partial charge in [0.2, 0.25) is 15.9 Å². The molecule has 0 amide bonds. The molecular weight excluding hydrogens is 333 g/mol. The summed E-state index contributed by atoms with van der Waals surface area (Å²) in [7, 11) is -3.47. The number of hydrogen-bond donors (Lipinski definition) is 1. The summed E-state index contributed by atoms with van der Waals surface area (Å²) in [6.45, 7) is 2.90. The van der Waals surface area contributed by atoms with Crippen molar-refractivity contribution >= 4 is 10.0 Å². The molecule has 1 N–H and O–H groups in total. The Balaban J connectivity index is 2.22. The van der Waals surface area contributed by atoms with Gasteiger partial charge in [-0.05, 0) is 44.4 Å². The first-order chi connectivity index (χ1) is 10.6. The number of nitrogens with zero attached hydrogens (tertiary/aromatic N) is 1. The number of rotatable bonds is 6. The van der Waals surface area contributed by atoms with Gasteiger partial charge >= 0.3 is 6.18 Å². The van der Waals surface area contributed by atoms with Crippen LogP contribution < -0.4 is 9.46 Å². The fourth-order valence-electron chi connectivity index (χ4n) is 1.77. The molecule has 1 saturated carbocycles. The maximum Gasteiger partial charge on any atom is 0.421 e. The van der Waals surface area contributed by atoms with Crippen molar-refractivity contribution < 1.29 is 26.3 Å². The van der Waals surface area contributed by atoms with Crippen molar-refractivity contribution in [3.8, 4) is 5.88 Å². The van der Waals surface area contributed by atoms with Gasteiger partial charge in [-0.2, -0.15) is 13.2 Å². The zero-order valence-corrected chi connectivity index (χ0v) is 13.5. The summed E-state index contributed by atoms with van der Waals surface area (Å²) >= 11 is 0. The lowest BCUT2D eigenvalue weighted by Gasteiger charge is -2.14. The van der Waals surface area contributed by atoms with Crippen molar-refractivity contribution in [3.63, 3.8) is 0 Å². The molecule has 128 valence electrons. The highest BCUT2D eigenvalue weighted by atomic mass is 32.2. The quantitative estimate of drug-likeness (QED) is 0.801. The highest BCUT2D eigenvalue weighted by Crippen LogP contribution is 2.36. The van der Waals surface area contributed by atoms with E-state index < -0.39 is 32.9 Å². The summed E-state index contributed by atoms with van der Waals surface area (Å²) in [5.74, 6) is -0.271. The lowest BCUT2D eigenvalue weighted by molar-refractivity contribution is -0.139. The molecule has 0 spiro atoms. The van der Waals surface area contributed by atoms with E-state index in [-0.39, 0.29) is 17.9 Å². The average Bonchev–Trinajstić information content (AvgIpc) is 3.30. The second-order valence-electron chi connectivity index (χ2n) is 5.26. The zero-order chi connectivity index (χ0) is 17.3. The third-order valence-corrected chi connectivity index (χ3v) is 5.21. The molecule has 0 radical (unpaired) electrons. The Morgan fingerprint density at radius 3 is 2.65 bits per heavy atom. The number of aromatic nitrogens is 1. The number of allylic oxidation sites excluding steroid dienone is 2. The van der Waals surface area contributed by atoms with E-state index in [0.717, 1.165) is 6.07 Å². The summed E-state index contributed by atoms with van der Waals surface area (Å²) in [5.41, 5.74) is -0.922. The molecule has 1 aromatic heterocycles. The second-order valence-corrected chi connectivity index (χ2v) is 7.31. The van der Waals surface area contributed by atoms with Crippen molar-refractivity contribution in [3.05, 3.63) is 35.2 Å². The Labute approximate surface area is 132 Å². The monoisotopic (exact) mass is 350 g/mol. The van der Waals surface area contributed by atoms with Crippen molar-refractivity contribution in [1.29, 1.82) is 0 Å². The van der Waals surface area contributed by atoms with Crippen LogP contribution in [0, 0.1) is 0 Å². The maximum atomic E-state index is 13.1. The van der Waals surface area contributed by atoms with E-state index >= 15 is 0 Å². The highest BCUT2D eigenvalue weighted by molar-refractivity contribution is 7.90. The molecule has 5 nitrogen and oxygen atoms in total. The third kappa shape index (κ3) is 4.68. The van der Waals surface area contributed by atoms with Crippen LogP contribution in [0.1, 0.15) is 37.8 Å². The molecular formula is C14H17F3N2O3S. The Morgan fingerprint density at radius 1 is 1.48 bits per heavy atom. The minimum Gasteiger partial charge on any atom is -0.443 e. The minimum absolute atomic E-state index is 0.118. The number of pyridine rings is 1. The molecule has 1 aromatic rings. The molecule has 0 unspecified atom stereocenters. The summed E-state index contributed by atoms with van der Waals surface area (Å²) in [6.07, 6.45) is -0.808. The van der Waals surface area contributed by atoms with Crippen LogP contribution in [-0.2, 0) is 22.7 Å². The van der Waals surface area contributed by atoms with E-state index in [4.69, 9.17) is 4.74 Å². The van der Waals surface area contributed by atoms with Crippen LogP contribution in [0.2, 0.25) is 0 Å². The number of halogens is 3. The predicted molar refractivity (Wildman–Crippen MR) is 78.1 cm³/mol. The fourth-order valence-corrected chi connectivity index (χ4v) is 3.13. The molecule has 0 bridgehead atoms. The van der Waals surface area contributed by atoms with Crippen molar-refractivity contribution in [1.82, 2.24) is 9.71 Å². The molecule has 1 aliphatic carbocycles. The highest BCUT2D eigenvalue weighted by Gasteiger charge is 2.37. The maximum absolute atomic E-state index is 13.1. The van der Waals surface area contributed by atoms with Crippen LogP contribution in [0.5, 0.6) is 5.88 Å². The summed E-state index contributed by atoms with van der Waals surface area (Å²) in [6, 6.07) is 0.848. The van der Waals surface area contributed by atoms with Crippen LogP contribution in [0.4, 0.5) is 13.2 Å². The van der Waals surface area contributed by atoms with Crippen LogP contribution in [0.25, 0.3) is 0 Å². The molecule has 1 heterocycles. The van der Waals surface area contributed by atoms with Crippen molar-refractivity contribution in [2.75, 3.05) is 0 Å². The SMILES string of the molecule is C/C=C(\C)Oc1ncc(CNS(=O)(=O)C2CC2)cc1C(F)(F)F. The van der Waals surface area contributed by atoms with Gasteiger partial charge < -0.3 is 4.74 Å². The number of nitrogens with one attached hydrogen (secondary N) is 1. The van der Waals surface area contributed by atoms with E-state index in [1.54, 1.807) is 6.92 Å². The van der Waals surface area contributed by atoms with Crippen molar-refractivity contribution in [2.24, 2.45) is 0 Å². The average molecular weight is 350 g/mol. The van der Waals surface area contributed by atoms with Crippen LogP contribution in [0.3, 0.4) is 0 Å². The molecule has 1 fully saturated rings. The Bertz CT molecular complexity index is 710. The fraction of sp³-hybridized carbons (Fsp3) is 0.500. The van der Waals surface area contributed by atoms with Gasteiger partial charge in [0.25, 0.3) is 0 Å². The van der Waals surface area contributed by atoms with Gasteiger partial charge in [0.1, 0.15) is 5.56 Å². The first kappa shape index (κ1) is 17.7. The number of sulfonamides is 1. The molecule has 23 heavy (non-hydrogen) atoms. The lowest BCUT2D eigenvalue weighted by atomic mass is 10.2. The second kappa shape index (κ2) is 6.48. The van der Waals surface area contributed by atoms with Crippen LogP contribution >= 0.6 is 0 Å². The summed E-state index contributed by atoms with van der Waals surface area (Å²) in [5, 5.41) is -0.433. The van der Waals surface area contributed by atoms with Gasteiger partial charge in [-0.25, -0.2) is 18.1 Å². The van der Waals surface area contributed by atoms with Gasteiger partial charge in [0, 0.05) is 12.7 Å². The van der Waals surface area contributed by atoms with E-state index in [2.05, 4.69) is 9.71 Å². The largest absolute Gasteiger partial charge is 0.443 e. The number of hydrogen-bond acceptors (Lipinski definition) is 4. The molecule has 0 aliphatic heterocycles. The summed E-state index contributed by atoms with van der Waals surface area (Å²) < 4.78 is 70.1. The molecule has 0 aromatic carbocycles. The van der Waals surface area contributed by atoms with E-state index in [1.165, 1.54) is 19.2 Å². The van der Waals surface area contributed by atoms with E-state index in [9.17, 15) is 21.6 Å².